The van der Waals surface area contributed by atoms with Crippen molar-refractivity contribution in [3.8, 4) is 0 Å². The van der Waals surface area contributed by atoms with Crippen LogP contribution in [0.3, 0.4) is 0 Å². The molecular weight excluding hydrogens is 186 g/mol. The number of amides is 1. The number of hydrogen-bond donors (Lipinski definition) is 1. The van der Waals surface area contributed by atoms with Crippen molar-refractivity contribution in [3.05, 3.63) is 21.9 Å². The summed E-state index contributed by atoms with van der Waals surface area (Å²) in [5.74, 6) is 0.0186. The minimum absolute atomic E-state index is 0.0306. The Kier molecular flexibility index (Phi) is 3.19. The van der Waals surface area contributed by atoms with Crippen molar-refractivity contribution >= 4 is 23.0 Å². The van der Waals surface area contributed by atoms with Crippen LogP contribution in [0.2, 0.25) is 0 Å². The average molecular weight is 197 g/mol. The fourth-order valence-electron chi connectivity index (χ4n) is 0.909. The molecule has 0 aliphatic carbocycles. The van der Waals surface area contributed by atoms with E-state index in [1.54, 1.807) is 13.1 Å². The highest BCUT2D eigenvalue weighted by Gasteiger charge is 2.06. The van der Waals surface area contributed by atoms with E-state index in [1.807, 2.05) is 6.07 Å². The van der Waals surface area contributed by atoms with Crippen molar-refractivity contribution in [1.29, 1.82) is 0 Å². The highest BCUT2D eigenvalue weighted by Crippen LogP contribution is 2.17. The van der Waals surface area contributed by atoms with Crippen LogP contribution in [-0.2, 0) is 11.2 Å². The van der Waals surface area contributed by atoms with E-state index in [-0.39, 0.29) is 11.7 Å². The number of rotatable bonds is 3. The van der Waals surface area contributed by atoms with Crippen LogP contribution in [0.4, 0.5) is 0 Å². The fourth-order valence-corrected chi connectivity index (χ4v) is 1.81. The molecule has 0 radical (unpaired) electrons. The third kappa shape index (κ3) is 2.66. The van der Waals surface area contributed by atoms with Crippen molar-refractivity contribution < 1.29 is 9.59 Å². The quantitative estimate of drug-likeness (QED) is 0.741. The molecule has 0 aliphatic rings. The first-order chi connectivity index (χ1) is 6.13. The predicted molar refractivity (Wildman–Crippen MR) is 52.1 cm³/mol. The first-order valence-corrected chi connectivity index (χ1v) is 4.75. The highest BCUT2D eigenvalue weighted by atomic mass is 32.1. The number of carbonyl (C=O) groups excluding carboxylic acids is 2. The van der Waals surface area contributed by atoms with E-state index < -0.39 is 0 Å². The van der Waals surface area contributed by atoms with Crippen LogP contribution in [0.15, 0.2) is 12.1 Å². The van der Waals surface area contributed by atoms with E-state index in [9.17, 15) is 9.59 Å². The van der Waals surface area contributed by atoms with Gasteiger partial charge in [0.05, 0.1) is 11.3 Å². The smallest absolute Gasteiger partial charge is 0.224 e. The molecule has 0 unspecified atom stereocenters. The topological polar surface area (TPSA) is 46.2 Å². The third-order valence-corrected chi connectivity index (χ3v) is 2.81. The van der Waals surface area contributed by atoms with E-state index in [2.05, 4.69) is 5.32 Å². The van der Waals surface area contributed by atoms with Crippen LogP contribution in [0.25, 0.3) is 0 Å². The van der Waals surface area contributed by atoms with Crippen molar-refractivity contribution in [2.75, 3.05) is 7.05 Å². The molecule has 1 N–H and O–H groups in total. The van der Waals surface area contributed by atoms with Crippen LogP contribution >= 0.6 is 11.3 Å². The van der Waals surface area contributed by atoms with Crippen molar-refractivity contribution in [2.45, 2.75) is 13.3 Å². The minimum atomic E-state index is -0.0306. The third-order valence-electron chi connectivity index (χ3n) is 1.62. The van der Waals surface area contributed by atoms with Gasteiger partial charge in [-0.3, -0.25) is 9.59 Å². The van der Waals surface area contributed by atoms with E-state index in [1.165, 1.54) is 18.3 Å². The normalized spacial score (nSPS) is 9.69. The number of hydrogen-bond acceptors (Lipinski definition) is 3. The summed E-state index contributed by atoms with van der Waals surface area (Å²) < 4.78 is 0. The molecule has 1 rings (SSSR count). The molecule has 0 aliphatic heterocycles. The van der Waals surface area contributed by atoms with Gasteiger partial charge >= 0.3 is 0 Å². The summed E-state index contributed by atoms with van der Waals surface area (Å²) in [7, 11) is 1.60. The molecule has 0 saturated carbocycles. The Morgan fingerprint density at radius 1 is 1.46 bits per heavy atom. The summed E-state index contributed by atoms with van der Waals surface area (Å²) in [5, 5.41) is 2.53. The maximum absolute atomic E-state index is 11.0. The fraction of sp³-hybridized carbons (Fsp3) is 0.333. The first-order valence-electron chi connectivity index (χ1n) is 3.93. The average Bonchev–Trinajstić information content (AvgIpc) is 2.52. The van der Waals surface area contributed by atoms with Crippen LogP contribution in [0.5, 0.6) is 0 Å². The van der Waals surface area contributed by atoms with E-state index >= 15 is 0 Å². The molecule has 0 spiro atoms. The van der Waals surface area contributed by atoms with E-state index in [0.717, 1.165) is 4.88 Å². The molecule has 0 bridgehead atoms. The Morgan fingerprint density at radius 2 is 2.15 bits per heavy atom. The molecule has 0 aromatic carbocycles. The summed E-state index contributed by atoms with van der Waals surface area (Å²) in [6, 6.07) is 3.57. The zero-order chi connectivity index (χ0) is 9.84. The second-order valence-electron chi connectivity index (χ2n) is 2.67. The molecule has 1 heterocycles. The summed E-state index contributed by atoms with van der Waals surface area (Å²) >= 11 is 1.37. The lowest BCUT2D eigenvalue weighted by atomic mass is 10.3. The molecule has 13 heavy (non-hydrogen) atoms. The number of nitrogens with one attached hydrogen (secondary N) is 1. The lowest BCUT2D eigenvalue weighted by Crippen LogP contribution is -2.19. The van der Waals surface area contributed by atoms with Gasteiger partial charge in [0.1, 0.15) is 0 Å². The van der Waals surface area contributed by atoms with Crippen molar-refractivity contribution in [1.82, 2.24) is 5.32 Å². The van der Waals surface area contributed by atoms with Gasteiger partial charge in [-0.2, -0.15) is 0 Å². The summed E-state index contributed by atoms with van der Waals surface area (Å²) in [6.45, 7) is 1.52. The summed E-state index contributed by atoms with van der Waals surface area (Å²) in [4.78, 5) is 23.5. The van der Waals surface area contributed by atoms with Crippen LogP contribution < -0.4 is 5.32 Å². The molecule has 0 fully saturated rings. The Bertz CT molecular complexity index is 330. The van der Waals surface area contributed by atoms with Crippen LogP contribution in [-0.4, -0.2) is 18.7 Å². The van der Waals surface area contributed by atoms with Gasteiger partial charge in [0.2, 0.25) is 5.91 Å². The van der Waals surface area contributed by atoms with Gasteiger partial charge in [-0.15, -0.1) is 11.3 Å². The minimum Gasteiger partial charge on any atom is -0.359 e. The van der Waals surface area contributed by atoms with E-state index in [0.29, 0.717) is 11.3 Å². The zero-order valence-electron chi connectivity index (χ0n) is 7.59. The second-order valence-corrected chi connectivity index (χ2v) is 3.84. The molecule has 1 amide bonds. The van der Waals surface area contributed by atoms with Gasteiger partial charge in [-0.05, 0) is 19.1 Å². The molecule has 0 saturated heterocycles. The Balaban J connectivity index is 2.69. The SMILES string of the molecule is CNC(=O)Cc1ccc(C(C)=O)s1. The Hall–Kier alpha value is -1.16. The number of thiophene rings is 1. The number of ketones is 1. The molecule has 70 valence electrons. The highest BCUT2D eigenvalue weighted by molar-refractivity contribution is 7.14. The maximum Gasteiger partial charge on any atom is 0.224 e. The molecule has 1 aromatic heterocycles. The Morgan fingerprint density at radius 3 is 2.62 bits per heavy atom. The van der Waals surface area contributed by atoms with Gasteiger partial charge in [0.15, 0.2) is 5.78 Å². The van der Waals surface area contributed by atoms with Crippen molar-refractivity contribution in [3.63, 3.8) is 0 Å². The molecule has 1 aromatic rings. The summed E-state index contributed by atoms with van der Waals surface area (Å²) in [5.41, 5.74) is 0. The molecule has 3 nitrogen and oxygen atoms in total. The van der Waals surface area contributed by atoms with E-state index in [4.69, 9.17) is 0 Å². The number of Topliss-reactive ketones (excluding diaryl/α,β-unsaturated/α-hetero) is 1. The van der Waals surface area contributed by atoms with Gasteiger partial charge in [0, 0.05) is 11.9 Å². The lowest BCUT2D eigenvalue weighted by Gasteiger charge is -1.94. The lowest BCUT2D eigenvalue weighted by molar-refractivity contribution is -0.119. The Labute approximate surface area is 80.8 Å². The monoisotopic (exact) mass is 197 g/mol. The van der Waals surface area contributed by atoms with Gasteiger partial charge in [0.25, 0.3) is 0 Å². The van der Waals surface area contributed by atoms with Crippen LogP contribution in [0, 0.1) is 0 Å². The zero-order valence-corrected chi connectivity index (χ0v) is 8.40. The van der Waals surface area contributed by atoms with Crippen LogP contribution in [0.1, 0.15) is 21.5 Å². The second kappa shape index (κ2) is 4.18. The van der Waals surface area contributed by atoms with Gasteiger partial charge < -0.3 is 5.32 Å². The molecular formula is C9H11NO2S. The van der Waals surface area contributed by atoms with Gasteiger partial charge in [-0.25, -0.2) is 0 Å². The molecule has 0 atom stereocenters. The van der Waals surface area contributed by atoms with Crippen molar-refractivity contribution in [2.24, 2.45) is 0 Å². The molecule has 4 heteroatoms. The maximum atomic E-state index is 11.0. The standard InChI is InChI=1S/C9H11NO2S/c1-6(11)8-4-3-7(13-8)5-9(12)10-2/h3-4H,5H2,1-2H3,(H,10,12). The van der Waals surface area contributed by atoms with Gasteiger partial charge in [-0.1, -0.05) is 0 Å². The predicted octanol–water partition coefficient (Wildman–Crippen LogP) is 1.24. The summed E-state index contributed by atoms with van der Waals surface area (Å²) in [6.07, 6.45) is 0.356. The number of likely N-dealkylation sites (N-methyl/N-ethyl adjacent to an activating group) is 1. The number of carbonyl (C=O) groups is 2. The first kappa shape index (κ1) is 9.92. The largest absolute Gasteiger partial charge is 0.359 e.